The number of aromatic nitrogens is 2. The molecule has 1 saturated heterocycles. The van der Waals surface area contributed by atoms with E-state index in [-0.39, 0.29) is 5.97 Å². The zero-order valence-corrected chi connectivity index (χ0v) is 17.2. The molecule has 6 nitrogen and oxygen atoms in total. The molecule has 1 aliphatic heterocycles. The SMILES string of the molecule is O=C(CN1CCCN(Cc2cn[nH]c2-c2ccccc2)CC1)OCc1ccccc1. The van der Waals surface area contributed by atoms with Gasteiger partial charge >= 0.3 is 5.97 Å². The number of nitrogens with zero attached hydrogens (tertiary/aromatic N) is 3. The van der Waals surface area contributed by atoms with Gasteiger partial charge in [-0.3, -0.25) is 19.7 Å². The van der Waals surface area contributed by atoms with Crippen molar-refractivity contribution in [2.75, 3.05) is 32.7 Å². The van der Waals surface area contributed by atoms with Gasteiger partial charge in [-0.2, -0.15) is 5.10 Å². The van der Waals surface area contributed by atoms with Crippen LogP contribution in [0.3, 0.4) is 0 Å². The van der Waals surface area contributed by atoms with E-state index in [0.717, 1.165) is 56.0 Å². The third kappa shape index (κ3) is 5.55. The van der Waals surface area contributed by atoms with Gasteiger partial charge in [0.1, 0.15) is 6.61 Å². The lowest BCUT2D eigenvalue weighted by atomic mass is 10.1. The molecule has 1 aliphatic rings. The summed E-state index contributed by atoms with van der Waals surface area (Å²) in [5.74, 6) is -0.159. The highest BCUT2D eigenvalue weighted by Gasteiger charge is 2.19. The van der Waals surface area contributed by atoms with Crippen molar-refractivity contribution in [2.45, 2.75) is 19.6 Å². The summed E-state index contributed by atoms with van der Waals surface area (Å²) in [5, 5.41) is 7.41. The largest absolute Gasteiger partial charge is 0.460 e. The lowest BCUT2D eigenvalue weighted by Crippen LogP contribution is -2.34. The molecule has 0 amide bonds. The van der Waals surface area contributed by atoms with E-state index < -0.39 is 0 Å². The van der Waals surface area contributed by atoms with Gasteiger partial charge in [-0.25, -0.2) is 0 Å². The maximum atomic E-state index is 12.2. The van der Waals surface area contributed by atoms with Gasteiger partial charge in [0.05, 0.1) is 18.4 Å². The summed E-state index contributed by atoms with van der Waals surface area (Å²) in [5.41, 5.74) is 4.46. The monoisotopic (exact) mass is 404 g/mol. The van der Waals surface area contributed by atoms with E-state index in [1.165, 1.54) is 5.56 Å². The van der Waals surface area contributed by atoms with Crippen molar-refractivity contribution >= 4 is 5.97 Å². The fourth-order valence-corrected chi connectivity index (χ4v) is 3.83. The van der Waals surface area contributed by atoms with Gasteiger partial charge in [-0.05, 0) is 24.1 Å². The van der Waals surface area contributed by atoms with E-state index in [0.29, 0.717) is 13.2 Å². The third-order valence-corrected chi connectivity index (χ3v) is 5.45. The number of esters is 1. The Labute approximate surface area is 177 Å². The van der Waals surface area contributed by atoms with E-state index in [1.54, 1.807) is 0 Å². The van der Waals surface area contributed by atoms with E-state index in [9.17, 15) is 4.79 Å². The molecule has 0 saturated carbocycles. The van der Waals surface area contributed by atoms with Crippen LogP contribution in [0.2, 0.25) is 0 Å². The molecule has 2 heterocycles. The van der Waals surface area contributed by atoms with Gasteiger partial charge in [0.15, 0.2) is 0 Å². The molecule has 2 aromatic carbocycles. The summed E-state index contributed by atoms with van der Waals surface area (Å²) in [4.78, 5) is 16.9. The smallest absolute Gasteiger partial charge is 0.320 e. The predicted molar refractivity (Wildman–Crippen MR) is 117 cm³/mol. The van der Waals surface area contributed by atoms with E-state index in [2.05, 4.69) is 32.1 Å². The maximum absolute atomic E-state index is 12.2. The lowest BCUT2D eigenvalue weighted by molar-refractivity contribution is -0.146. The minimum absolute atomic E-state index is 0.159. The van der Waals surface area contributed by atoms with Crippen molar-refractivity contribution in [1.82, 2.24) is 20.0 Å². The average molecular weight is 405 g/mol. The van der Waals surface area contributed by atoms with Gasteiger partial charge in [0.2, 0.25) is 0 Å². The molecule has 156 valence electrons. The molecule has 3 aromatic rings. The number of benzene rings is 2. The number of nitrogens with one attached hydrogen (secondary N) is 1. The molecule has 6 heteroatoms. The van der Waals surface area contributed by atoms with Crippen LogP contribution in [-0.2, 0) is 22.7 Å². The molecule has 0 unspecified atom stereocenters. The first-order chi connectivity index (χ1) is 14.8. The van der Waals surface area contributed by atoms with Gasteiger partial charge in [-0.1, -0.05) is 60.7 Å². The van der Waals surface area contributed by atoms with Crippen molar-refractivity contribution < 1.29 is 9.53 Å². The van der Waals surface area contributed by atoms with E-state index in [1.807, 2.05) is 54.7 Å². The Balaban J connectivity index is 1.27. The molecule has 0 bridgehead atoms. The Morgan fingerprint density at radius 3 is 2.43 bits per heavy atom. The normalized spacial score (nSPS) is 15.6. The summed E-state index contributed by atoms with van der Waals surface area (Å²) in [6, 6.07) is 20.1. The number of ether oxygens (including phenoxy) is 1. The molecule has 0 aliphatic carbocycles. The number of hydrogen-bond acceptors (Lipinski definition) is 5. The summed E-state index contributed by atoms with van der Waals surface area (Å²) in [7, 11) is 0. The van der Waals surface area contributed by atoms with E-state index >= 15 is 0 Å². The fourth-order valence-electron chi connectivity index (χ4n) is 3.83. The average Bonchev–Trinajstić information content (AvgIpc) is 3.14. The van der Waals surface area contributed by atoms with Crippen LogP contribution < -0.4 is 0 Å². The second-order valence-corrected chi connectivity index (χ2v) is 7.69. The highest BCUT2D eigenvalue weighted by Crippen LogP contribution is 2.22. The lowest BCUT2D eigenvalue weighted by Gasteiger charge is -2.21. The third-order valence-electron chi connectivity index (χ3n) is 5.45. The quantitative estimate of drug-likeness (QED) is 0.612. The Hall–Kier alpha value is -2.96. The molecule has 4 rings (SSSR count). The van der Waals surface area contributed by atoms with Gasteiger partial charge in [0, 0.05) is 31.7 Å². The second-order valence-electron chi connectivity index (χ2n) is 7.69. The molecular weight excluding hydrogens is 376 g/mol. The minimum atomic E-state index is -0.159. The minimum Gasteiger partial charge on any atom is -0.460 e. The molecular formula is C24H28N4O2. The Kier molecular flexibility index (Phi) is 6.90. The molecule has 0 radical (unpaired) electrons. The molecule has 0 spiro atoms. The summed E-state index contributed by atoms with van der Waals surface area (Å²) in [6.07, 6.45) is 2.95. The van der Waals surface area contributed by atoms with Crippen molar-refractivity contribution in [3.8, 4) is 11.3 Å². The number of rotatable bonds is 7. The Morgan fingerprint density at radius 2 is 1.63 bits per heavy atom. The predicted octanol–water partition coefficient (Wildman–Crippen LogP) is 3.33. The molecule has 1 N–H and O–H groups in total. The van der Waals surface area contributed by atoms with Crippen molar-refractivity contribution in [1.29, 1.82) is 0 Å². The Bertz CT molecular complexity index is 927. The highest BCUT2D eigenvalue weighted by molar-refractivity contribution is 5.71. The van der Waals surface area contributed by atoms with Crippen LogP contribution in [0.5, 0.6) is 0 Å². The zero-order chi connectivity index (χ0) is 20.6. The second kappa shape index (κ2) is 10.2. The topological polar surface area (TPSA) is 61.5 Å². The first-order valence-corrected chi connectivity index (χ1v) is 10.5. The summed E-state index contributed by atoms with van der Waals surface area (Å²) in [6.45, 7) is 5.24. The zero-order valence-electron chi connectivity index (χ0n) is 17.2. The van der Waals surface area contributed by atoms with Crippen LogP contribution >= 0.6 is 0 Å². The van der Waals surface area contributed by atoms with Crippen LogP contribution in [-0.4, -0.2) is 58.7 Å². The Morgan fingerprint density at radius 1 is 0.933 bits per heavy atom. The first-order valence-electron chi connectivity index (χ1n) is 10.5. The van der Waals surface area contributed by atoms with Crippen LogP contribution in [0.1, 0.15) is 17.5 Å². The van der Waals surface area contributed by atoms with Crippen molar-refractivity contribution in [3.05, 3.63) is 78.0 Å². The maximum Gasteiger partial charge on any atom is 0.320 e. The van der Waals surface area contributed by atoms with Crippen molar-refractivity contribution in [2.24, 2.45) is 0 Å². The number of aromatic amines is 1. The standard InChI is InChI=1S/C24H28N4O2/c29-23(30-19-20-8-3-1-4-9-20)18-28-13-7-12-27(14-15-28)17-22-16-25-26-24(22)21-10-5-2-6-11-21/h1-6,8-11,16H,7,12-15,17-19H2,(H,25,26). The molecule has 0 atom stereocenters. The number of carbonyl (C=O) groups excluding carboxylic acids is 1. The molecule has 1 fully saturated rings. The number of carbonyl (C=O) groups is 1. The summed E-state index contributed by atoms with van der Waals surface area (Å²) < 4.78 is 5.44. The highest BCUT2D eigenvalue weighted by atomic mass is 16.5. The van der Waals surface area contributed by atoms with Crippen molar-refractivity contribution in [3.63, 3.8) is 0 Å². The molecule has 30 heavy (non-hydrogen) atoms. The molecule has 1 aromatic heterocycles. The first kappa shape index (κ1) is 20.3. The van der Waals surface area contributed by atoms with Crippen LogP contribution in [0, 0.1) is 0 Å². The number of H-pyrrole nitrogens is 1. The van der Waals surface area contributed by atoms with Crippen LogP contribution in [0.15, 0.2) is 66.9 Å². The van der Waals surface area contributed by atoms with Gasteiger partial charge < -0.3 is 4.74 Å². The number of hydrogen-bond donors (Lipinski definition) is 1. The fraction of sp³-hybridized carbons (Fsp3) is 0.333. The van der Waals surface area contributed by atoms with Gasteiger partial charge in [-0.15, -0.1) is 0 Å². The van der Waals surface area contributed by atoms with Crippen LogP contribution in [0.4, 0.5) is 0 Å². The summed E-state index contributed by atoms with van der Waals surface area (Å²) >= 11 is 0. The van der Waals surface area contributed by atoms with Gasteiger partial charge in [0.25, 0.3) is 0 Å². The van der Waals surface area contributed by atoms with E-state index in [4.69, 9.17) is 4.74 Å². The van der Waals surface area contributed by atoms with Crippen LogP contribution in [0.25, 0.3) is 11.3 Å².